The molecule has 26 heavy (non-hydrogen) atoms. The van der Waals surface area contributed by atoms with E-state index in [2.05, 4.69) is 14.7 Å². The fraction of sp³-hybridized carbons (Fsp3) is 0.176. The van der Waals surface area contributed by atoms with Crippen molar-refractivity contribution in [1.82, 2.24) is 9.97 Å². The second kappa shape index (κ2) is 6.51. The smallest absolute Gasteiger partial charge is 0.493 e. The zero-order chi connectivity index (χ0) is 18.9. The fourth-order valence-corrected chi connectivity index (χ4v) is 2.38. The molecular weight excluding hydrogens is 350 g/mol. The molecule has 0 spiro atoms. The normalized spacial score (nSPS) is 11.4. The zero-order valence-corrected chi connectivity index (χ0v) is 13.7. The van der Waals surface area contributed by atoms with Gasteiger partial charge in [-0.2, -0.15) is 8.78 Å². The van der Waals surface area contributed by atoms with E-state index >= 15 is 0 Å². The number of rotatable bonds is 6. The van der Waals surface area contributed by atoms with Crippen LogP contribution in [0.4, 0.5) is 8.78 Å². The minimum absolute atomic E-state index is 0.124. The third-order valence-corrected chi connectivity index (χ3v) is 3.60. The van der Waals surface area contributed by atoms with E-state index in [1.165, 1.54) is 26.4 Å². The predicted molar refractivity (Wildman–Crippen MR) is 87.8 cm³/mol. The summed E-state index contributed by atoms with van der Waals surface area (Å²) in [6.07, 6.45) is -4.44. The second-order valence-corrected chi connectivity index (χ2v) is 5.24. The summed E-state index contributed by atoms with van der Waals surface area (Å²) in [5, 5.41) is 8.57. The van der Waals surface area contributed by atoms with Gasteiger partial charge in [-0.1, -0.05) is 12.1 Å². The molecule has 0 amide bonds. The van der Waals surface area contributed by atoms with E-state index in [9.17, 15) is 13.6 Å². The van der Waals surface area contributed by atoms with E-state index in [0.717, 1.165) is 11.0 Å². The number of halogens is 2. The first kappa shape index (κ1) is 17.5. The van der Waals surface area contributed by atoms with Crippen LogP contribution in [0.2, 0.25) is 0 Å². The lowest BCUT2D eigenvalue weighted by molar-refractivity contribution is -0.211. The van der Waals surface area contributed by atoms with Crippen molar-refractivity contribution in [1.29, 1.82) is 0 Å². The number of H-pyrrole nitrogens is 1. The minimum atomic E-state index is -4.44. The number of fused-ring (bicyclic) bond motifs is 1. The summed E-state index contributed by atoms with van der Waals surface area (Å²) in [6.45, 7) is 0. The van der Waals surface area contributed by atoms with Crippen molar-refractivity contribution in [2.24, 2.45) is 0 Å². The molecule has 0 saturated heterocycles. The van der Waals surface area contributed by atoms with Gasteiger partial charge in [-0.3, -0.25) is 0 Å². The number of carboxylic acid groups (broad SMARTS) is 1. The van der Waals surface area contributed by atoms with Crippen LogP contribution in [0.3, 0.4) is 0 Å². The number of carbonyl (C=O) groups is 1. The Hall–Kier alpha value is -3.36. The number of nitrogens with zero attached hydrogens (tertiary/aromatic N) is 1. The monoisotopic (exact) mass is 364 g/mol. The number of aromatic nitrogens is 2. The van der Waals surface area contributed by atoms with E-state index in [4.69, 9.17) is 14.6 Å². The Morgan fingerprint density at radius 1 is 1.15 bits per heavy atom. The van der Waals surface area contributed by atoms with Gasteiger partial charge in [0.05, 0.1) is 25.3 Å². The van der Waals surface area contributed by atoms with Gasteiger partial charge in [-0.05, 0) is 24.3 Å². The Bertz CT molecular complexity index is 913. The van der Waals surface area contributed by atoms with Gasteiger partial charge < -0.3 is 24.3 Å². The lowest BCUT2D eigenvalue weighted by atomic mass is 10.1. The van der Waals surface area contributed by atoms with Crippen molar-refractivity contribution in [3.05, 3.63) is 36.4 Å². The minimum Gasteiger partial charge on any atom is -0.493 e. The Labute approximate surface area is 146 Å². The molecule has 9 heteroatoms. The number of carboxylic acids is 1. The van der Waals surface area contributed by atoms with Gasteiger partial charge in [0, 0.05) is 5.56 Å². The largest absolute Gasteiger partial charge is 0.502 e. The summed E-state index contributed by atoms with van der Waals surface area (Å²) in [6, 6.07) is 10.1. The average molecular weight is 364 g/mol. The van der Waals surface area contributed by atoms with Crippen molar-refractivity contribution in [2.75, 3.05) is 14.2 Å². The molecular formula is C17H14F2N2O5. The molecule has 0 aliphatic heterocycles. The molecule has 1 aromatic heterocycles. The van der Waals surface area contributed by atoms with E-state index in [0.29, 0.717) is 11.4 Å². The first-order valence-electron chi connectivity index (χ1n) is 7.37. The molecule has 0 aliphatic rings. The molecule has 0 aliphatic carbocycles. The van der Waals surface area contributed by atoms with Gasteiger partial charge >= 0.3 is 12.1 Å². The van der Waals surface area contributed by atoms with Crippen molar-refractivity contribution in [2.45, 2.75) is 6.11 Å². The number of methoxy groups -OCH3 is 2. The van der Waals surface area contributed by atoms with Gasteiger partial charge in [0.15, 0.2) is 11.5 Å². The number of nitrogens with one attached hydrogen (secondary N) is 1. The van der Waals surface area contributed by atoms with Crippen molar-refractivity contribution in [3.63, 3.8) is 0 Å². The van der Waals surface area contributed by atoms with Crippen LogP contribution in [0.15, 0.2) is 36.4 Å². The SMILES string of the molecule is COc1cc(-c2nc3ccccc3[nH]2)cc(OC)c1OC(F)(F)C(=O)O. The van der Waals surface area contributed by atoms with E-state index in [1.54, 1.807) is 0 Å². The zero-order valence-electron chi connectivity index (χ0n) is 13.7. The molecule has 0 radical (unpaired) electrons. The summed E-state index contributed by atoms with van der Waals surface area (Å²) >= 11 is 0. The van der Waals surface area contributed by atoms with Gasteiger partial charge in [0.1, 0.15) is 5.82 Å². The number of hydrogen-bond acceptors (Lipinski definition) is 5. The number of aromatic amines is 1. The quantitative estimate of drug-likeness (QED) is 0.697. The number of benzene rings is 2. The van der Waals surface area contributed by atoms with E-state index < -0.39 is 17.8 Å². The van der Waals surface area contributed by atoms with E-state index in [-0.39, 0.29) is 11.5 Å². The molecule has 1 heterocycles. The van der Waals surface area contributed by atoms with Crippen LogP contribution in [-0.4, -0.2) is 41.4 Å². The first-order chi connectivity index (χ1) is 12.4. The Morgan fingerprint density at radius 2 is 1.77 bits per heavy atom. The molecule has 0 fully saturated rings. The lowest BCUT2D eigenvalue weighted by Gasteiger charge is -2.18. The van der Waals surface area contributed by atoms with Crippen LogP contribution in [0.1, 0.15) is 0 Å². The van der Waals surface area contributed by atoms with Crippen molar-refractivity contribution in [3.8, 4) is 28.6 Å². The second-order valence-electron chi connectivity index (χ2n) is 5.24. The molecule has 2 N–H and O–H groups in total. The van der Waals surface area contributed by atoms with Gasteiger partial charge in [-0.25, -0.2) is 9.78 Å². The summed E-state index contributed by atoms with van der Waals surface area (Å²) < 4.78 is 41.5. The van der Waals surface area contributed by atoms with Gasteiger partial charge in [0.25, 0.3) is 0 Å². The molecule has 3 rings (SSSR count). The topological polar surface area (TPSA) is 93.7 Å². The Kier molecular flexibility index (Phi) is 4.37. The molecule has 7 nitrogen and oxygen atoms in total. The highest BCUT2D eigenvalue weighted by atomic mass is 19.3. The van der Waals surface area contributed by atoms with Crippen molar-refractivity contribution < 1.29 is 32.9 Å². The van der Waals surface area contributed by atoms with Gasteiger partial charge in [-0.15, -0.1) is 0 Å². The summed E-state index contributed by atoms with van der Waals surface area (Å²) in [5.74, 6) is -2.74. The number of hydrogen-bond donors (Lipinski definition) is 2. The third-order valence-electron chi connectivity index (χ3n) is 3.60. The number of para-hydroxylation sites is 2. The highest BCUT2D eigenvalue weighted by Gasteiger charge is 2.44. The standard InChI is InChI=1S/C17H14F2N2O5/c1-24-12-7-9(15-20-10-5-3-4-6-11(10)21-15)8-13(25-2)14(12)26-17(18,19)16(22)23/h3-8H,1-2H3,(H,20,21)(H,22,23). The summed E-state index contributed by atoms with van der Waals surface area (Å²) in [5.41, 5.74) is 2.00. The highest BCUT2D eigenvalue weighted by molar-refractivity contribution is 5.80. The highest BCUT2D eigenvalue weighted by Crippen LogP contribution is 2.43. The number of ether oxygens (including phenoxy) is 3. The summed E-state index contributed by atoms with van der Waals surface area (Å²) in [7, 11) is 2.48. The van der Waals surface area contributed by atoms with E-state index in [1.807, 2.05) is 24.3 Å². The van der Waals surface area contributed by atoms with Gasteiger partial charge in [0.2, 0.25) is 5.75 Å². The maximum absolute atomic E-state index is 13.5. The number of imidazole rings is 1. The molecule has 2 aromatic carbocycles. The molecule has 0 atom stereocenters. The van der Waals surface area contributed by atoms with Crippen LogP contribution < -0.4 is 14.2 Å². The number of aliphatic carboxylic acids is 1. The maximum Gasteiger partial charge on any atom is 0.502 e. The maximum atomic E-state index is 13.5. The molecule has 0 unspecified atom stereocenters. The molecule has 0 bridgehead atoms. The Morgan fingerprint density at radius 3 is 2.31 bits per heavy atom. The molecule has 136 valence electrons. The predicted octanol–water partition coefficient (Wildman–Crippen LogP) is 3.30. The third kappa shape index (κ3) is 3.10. The van der Waals surface area contributed by atoms with Crippen LogP contribution in [0.25, 0.3) is 22.4 Å². The molecule has 0 saturated carbocycles. The average Bonchev–Trinajstić information content (AvgIpc) is 3.05. The van der Waals surface area contributed by atoms with Crippen LogP contribution in [-0.2, 0) is 4.79 Å². The first-order valence-corrected chi connectivity index (χ1v) is 7.37. The lowest BCUT2D eigenvalue weighted by Crippen LogP contribution is -2.35. The van der Waals surface area contributed by atoms with Crippen LogP contribution in [0, 0.1) is 0 Å². The number of alkyl halides is 2. The van der Waals surface area contributed by atoms with Crippen molar-refractivity contribution >= 4 is 17.0 Å². The van der Waals surface area contributed by atoms with Crippen LogP contribution >= 0.6 is 0 Å². The summed E-state index contributed by atoms with van der Waals surface area (Å²) in [4.78, 5) is 18.2. The molecule has 3 aromatic rings. The van der Waals surface area contributed by atoms with Crippen LogP contribution in [0.5, 0.6) is 17.2 Å². The fourth-order valence-electron chi connectivity index (χ4n) is 2.38. The Balaban J connectivity index is 2.10.